The number of hydrogen-bond donors (Lipinski definition) is 1. The molecule has 1 saturated carbocycles. The summed E-state index contributed by atoms with van der Waals surface area (Å²) in [5.74, 6) is -0.0555. The van der Waals surface area contributed by atoms with Crippen LogP contribution in [0.15, 0.2) is 18.2 Å². The second kappa shape index (κ2) is 7.76. The topological polar surface area (TPSA) is 76.1 Å². The van der Waals surface area contributed by atoms with Gasteiger partial charge < -0.3 is 19.5 Å². The normalized spacial score (nSPS) is 21.2. The lowest BCUT2D eigenvalue weighted by molar-refractivity contribution is -0.143. The molecule has 1 aliphatic heterocycles. The Bertz CT molecular complexity index is 639. The molecule has 1 heterocycles. The lowest BCUT2D eigenvalue weighted by Gasteiger charge is -2.33. The molecule has 6 heteroatoms. The summed E-state index contributed by atoms with van der Waals surface area (Å²) in [5.41, 5.74) is 0.434. The van der Waals surface area contributed by atoms with Crippen molar-refractivity contribution in [3.63, 3.8) is 0 Å². The number of methoxy groups -OCH3 is 1. The van der Waals surface area contributed by atoms with Crippen LogP contribution in [-0.2, 0) is 4.79 Å². The molecule has 1 amide bonds. The summed E-state index contributed by atoms with van der Waals surface area (Å²) in [6.07, 6.45) is 6.79. The number of ether oxygens (including phenoxy) is 2. The molecule has 6 nitrogen and oxygen atoms in total. The van der Waals surface area contributed by atoms with Crippen LogP contribution in [0.25, 0.3) is 0 Å². The van der Waals surface area contributed by atoms with Gasteiger partial charge in [0.25, 0.3) is 5.91 Å². The third kappa shape index (κ3) is 3.89. The Morgan fingerprint density at radius 1 is 1.08 bits per heavy atom. The van der Waals surface area contributed by atoms with E-state index in [1.165, 1.54) is 17.7 Å². The number of carbonyl (C=O) groups is 2. The highest BCUT2D eigenvalue weighted by Gasteiger charge is 2.32. The molecule has 3 rings (SSSR count). The number of rotatable bonds is 5. The van der Waals surface area contributed by atoms with Crippen molar-refractivity contribution in [1.29, 1.82) is 0 Å². The van der Waals surface area contributed by atoms with Crippen molar-refractivity contribution in [2.24, 2.45) is 0 Å². The van der Waals surface area contributed by atoms with E-state index in [1.54, 1.807) is 25.3 Å². The van der Waals surface area contributed by atoms with Gasteiger partial charge in [0.1, 0.15) is 6.04 Å². The van der Waals surface area contributed by atoms with Gasteiger partial charge in [0.2, 0.25) is 0 Å². The molecule has 2 fully saturated rings. The molecule has 0 aromatic heterocycles. The molecule has 1 atom stereocenters. The van der Waals surface area contributed by atoms with Gasteiger partial charge in [-0.1, -0.05) is 0 Å². The molecular weight excluding hydrogens is 322 g/mol. The Hall–Kier alpha value is -2.24. The summed E-state index contributed by atoms with van der Waals surface area (Å²) in [6, 6.07) is 4.36. The number of aliphatic carboxylic acids is 1. The lowest BCUT2D eigenvalue weighted by Crippen LogP contribution is -2.47. The SMILES string of the molecule is COc1cc(C(=O)N2CCCCC2C(=O)O)ccc1OC1CCCC1. The van der Waals surface area contributed by atoms with Crippen molar-refractivity contribution in [2.45, 2.75) is 57.1 Å². The maximum Gasteiger partial charge on any atom is 0.326 e. The van der Waals surface area contributed by atoms with E-state index in [9.17, 15) is 14.7 Å². The quantitative estimate of drug-likeness (QED) is 0.886. The van der Waals surface area contributed by atoms with E-state index in [1.807, 2.05) is 0 Å². The van der Waals surface area contributed by atoms with Crippen LogP contribution in [0, 0.1) is 0 Å². The smallest absolute Gasteiger partial charge is 0.326 e. The summed E-state index contributed by atoms with van der Waals surface area (Å²) >= 11 is 0. The Morgan fingerprint density at radius 2 is 1.80 bits per heavy atom. The first-order valence-corrected chi connectivity index (χ1v) is 8.98. The molecule has 1 N–H and O–H groups in total. The monoisotopic (exact) mass is 347 g/mol. The fourth-order valence-corrected chi connectivity index (χ4v) is 3.68. The first kappa shape index (κ1) is 17.6. The van der Waals surface area contributed by atoms with Gasteiger partial charge >= 0.3 is 5.97 Å². The van der Waals surface area contributed by atoms with Gasteiger partial charge in [-0.05, 0) is 63.1 Å². The van der Waals surface area contributed by atoms with Crippen LogP contribution >= 0.6 is 0 Å². The largest absolute Gasteiger partial charge is 0.493 e. The van der Waals surface area contributed by atoms with Crippen molar-refractivity contribution >= 4 is 11.9 Å². The molecule has 1 unspecified atom stereocenters. The van der Waals surface area contributed by atoms with E-state index in [0.717, 1.165) is 25.7 Å². The Morgan fingerprint density at radius 3 is 2.48 bits per heavy atom. The molecule has 0 bridgehead atoms. The van der Waals surface area contributed by atoms with Crippen molar-refractivity contribution in [3.8, 4) is 11.5 Å². The zero-order valence-corrected chi connectivity index (χ0v) is 14.6. The summed E-state index contributed by atoms with van der Waals surface area (Å²) in [5, 5.41) is 9.37. The second-order valence-corrected chi connectivity index (χ2v) is 6.74. The molecule has 1 saturated heterocycles. The highest BCUT2D eigenvalue weighted by molar-refractivity contribution is 5.97. The Balaban J connectivity index is 1.79. The average molecular weight is 347 g/mol. The number of hydrogen-bond acceptors (Lipinski definition) is 4. The van der Waals surface area contributed by atoms with Gasteiger partial charge in [0, 0.05) is 12.1 Å². The molecule has 1 aromatic rings. The van der Waals surface area contributed by atoms with Gasteiger partial charge in [-0.15, -0.1) is 0 Å². The number of carboxylic acid groups (broad SMARTS) is 1. The highest BCUT2D eigenvalue weighted by atomic mass is 16.5. The first-order valence-electron chi connectivity index (χ1n) is 8.98. The minimum atomic E-state index is -0.943. The van der Waals surface area contributed by atoms with Crippen molar-refractivity contribution in [2.75, 3.05) is 13.7 Å². The number of benzene rings is 1. The lowest BCUT2D eigenvalue weighted by atomic mass is 10.0. The second-order valence-electron chi connectivity index (χ2n) is 6.74. The molecule has 0 spiro atoms. The number of amides is 1. The summed E-state index contributed by atoms with van der Waals surface area (Å²) in [4.78, 5) is 25.7. The van der Waals surface area contributed by atoms with Gasteiger partial charge in [0.15, 0.2) is 11.5 Å². The van der Waals surface area contributed by atoms with Gasteiger partial charge in [-0.3, -0.25) is 4.79 Å². The Labute approximate surface area is 147 Å². The zero-order valence-electron chi connectivity index (χ0n) is 14.6. The first-order chi connectivity index (χ1) is 12.1. The number of nitrogens with zero attached hydrogens (tertiary/aromatic N) is 1. The van der Waals surface area contributed by atoms with Crippen molar-refractivity contribution in [1.82, 2.24) is 4.90 Å². The molecule has 0 radical (unpaired) electrons. The van der Waals surface area contributed by atoms with Gasteiger partial charge in [0.05, 0.1) is 13.2 Å². The molecule has 1 aromatic carbocycles. The fraction of sp³-hybridized carbons (Fsp3) is 0.579. The van der Waals surface area contributed by atoms with Crippen LogP contribution in [0.4, 0.5) is 0 Å². The Kier molecular flexibility index (Phi) is 5.46. The van der Waals surface area contributed by atoms with E-state index in [-0.39, 0.29) is 12.0 Å². The average Bonchev–Trinajstić information content (AvgIpc) is 3.14. The van der Waals surface area contributed by atoms with Gasteiger partial charge in [-0.2, -0.15) is 0 Å². The maximum absolute atomic E-state index is 12.8. The van der Waals surface area contributed by atoms with Crippen LogP contribution in [0.5, 0.6) is 11.5 Å². The van der Waals surface area contributed by atoms with Crippen molar-refractivity contribution < 1.29 is 24.2 Å². The van der Waals surface area contributed by atoms with E-state index in [4.69, 9.17) is 9.47 Å². The molecule has 136 valence electrons. The minimum absolute atomic E-state index is 0.203. The fourth-order valence-electron chi connectivity index (χ4n) is 3.68. The number of carboxylic acids is 1. The number of carbonyl (C=O) groups excluding carboxylic acids is 1. The van der Waals surface area contributed by atoms with E-state index >= 15 is 0 Å². The van der Waals surface area contributed by atoms with Crippen LogP contribution in [0.3, 0.4) is 0 Å². The van der Waals surface area contributed by atoms with E-state index in [0.29, 0.717) is 30.0 Å². The van der Waals surface area contributed by atoms with Crippen molar-refractivity contribution in [3.05, 3.63) is 23.8 Å². The molecule has 25 heavy (non-hydrogen) atoms. The summed E-state index contributed by atoms with van der Waals surface area (Å²) in [6.45, 7) is 0.471. The molecule has 1 aliphatic carbocycles. The predicted molar refractivity (Wildman–Crippen MR) is 92.2 cm³/mol. The van der Waals surface area contributed by atoms with E-state index in [2.05, 4.69) is 0 Å². The van der Waals surface area contributed by atoms with Crippen LogP contribution in [0.1, 0.15) is 55.3 Å². The van der Waals surface area contributed by atoms with E-state index < -0.39 is 12.0 Å². The summed E-state index contributed by atoms with van der Waals surface area (Å²) < 4.78 is 11.4. The van der Waals surface area contributed by atoms with Crippen LogP contribution in [0.2, 0.25) is 0 Å². The minimum Gasteiger partial charge on any atom is -0.493 e. The standard InChI is InChI=1S/C19H25NO5/c1-24-17-12-13(9-10-16(17)25-14-6-2-3-7-14)18(21)20-11-5-4-8-15(20)19(22)23/h9-10,12,14-15H,2-8,11H2,1H3,(H,22,23). The highest BCUT2D eigenvalue weighted by Crippen LogP contribution is 2.33. The zero-order chi connectivity index (χ0) is 17.8. The van der Waals surface area contributed by atoms with Crippen LogP contribution in [-0.4, -0.2) is 47.7 Å². The molecule has 2 aliphatic rings. The predicted octanol–water partition coefficient (Wildman–Crippen LogP) is 3.10. The number of piperidine rings is 1. The van der Waals surface area contributed by atoms with Crippen LogP contribution < -0.4 is 9.47 Å². The number of likely N-dealkylation sites (tertiary alicyclic amines) is 1. The third-order valence-corrected chi connectivity index (χ3v) is 5.06. The third-order valence-electron chi connectivity index (χ3n) is 5.06. The molecular formula is C19H25NO5. The van der Waals surface area contributed by atoms with Gasteiger partial charge in [-0.25, -0.2) is 4.79 Å². The maximum atomic E-state index is 12.8. The summed E-state index contributed by atoms with van der Waals surface area (Å²) in [7, 11) is 1.55.